The Hall–Kier alpha value is -3.35. The van der Waals surface area contributed by atoms with Crippen molar-refractivity contribution >= 4 is 34.8 Å². The third-order valence-electron chi connectivity index (χ3n) is 4.36. The molecule has 30 heavy (non-hydrogen) atoms. The van der Waals surface area contributed by atoms with Crippen molar-refractivity contribution in [3.05, 3.63) is 82.3 Å². The smallest absolute Gasteiger partial charge is 0.260 e. The Labute approximate surface area is 182 Å². The summed E-state index contributed by atoms with van der Waals surface area (Å²) in [6, 6.07) is 19.1. The number of hydrogen-bond acceptors (Lipinski definition) is 5. The molecule has 0 radical (unpaired) electrons. The van der Waals surface area contributed by atoms with E-state index in [9.17, 15) is 4.79 Å². The molecule has 3 aromatic carbocycles. The van der Waals surface area contributed by atoms with Crippen molar-refractivity contribution in [1.29, 1.82) is 0 Å². The second-order valence-corrected chi connectivity index (χ2v) is 7.12. The summed E-state index contributed by atoms with van der Waals surface area (Å²) >= 11 is 12.1. The number of rotatable bonds is 5. The van der Waals surface area contributed by atoms with Gasteiger partial charge in [0.1, 0.15) is 5.75 Å². The van der Waals surface area contributed by atoms with Gasteiger partial charge < -0.3 is 14.6 Å². The summed E-state index contributed by atoms with van der Waals surface area (Å²) in [6.45, 7) is 0. The predicted octanol–water partition coefficient (Wildman–Crippen LogP) is 5.97. The fourth-order valence-corrected chi connectivity index (χ4v) is 3.33. The number of carbonyl (C=O) groups is 1. The lowest BCUT2D eigenvalue weighted by Gasteiger charge is -2.09. The number of anilines is 1. The van der Waals surface area contributed by atoms with Gasteiger partial charge in [-0.2, -0.15) is 4.98 Å². The first-order chi connectivity index (χ1) is 14.5. The van der Waals surface area contributed by atoms with Gasteiger partial charge in [0.05, 0.1) is 28.9 Å². The van der Waals surface area contributed by atoms with Crippen LogP contribution in [0.5, 0.6) is 5.75 Å². The zero-order valence-corrected chi connectivity index (χ0v) is 17.2. The molecule has 4 rings (SSSR count). The highest BCUT2D eigenvalue weighted by Gasteiger charge is 2.17. The number of carbonyl (C=O) groups excluding carboxylic acids is 1. The lowest BCUT2D eigenvalue weighted by Crippen LogP contribution is -2.13. The average molecular weight is 440 g/mol. The highest BCUT2D eigenvalue weighted by atomic mass is 35.5. The molecule has 150 valence electrons. The van der Waals surface area contributed by atoms with E-state index in [0.717, 1.165) is 11.3 Å². The first-order valence-corrected chi connectivity index (χ1v) is 9.64. The number of nitrogens with zero attached hydrogens (tertiary/aromatic N) is 2. The number of nitrogens with one attached hydrogen (secondary N) is 1. The van der Waals surface area contributed by atoms with Crippen molar-refractivity contribution < 1.29 is 14.1 Å². The van der Waals surface area contributed by atoms with Crippen molar-refractivity contribution in [2.45, 2.75) is 0 Å². The summed E-state index contributed by atoms with van der Waals surface area (Å²) in [5, 5.41) is 7.60. The fourth-order valence-electron chi connectivity index (χ4n) is 2.83. The number of ether oxygens (including phenoxy) is 1. The molecule has 0 saturated carbocycles. The lowest BCUT2D eigenvalue weighted by atomic mass is 10.1. The molecule has 4 aromatic rings. The molecule has 0 aliphatic rings. The van der Waals surface area contributed by atoms with Crippen LogP contribution in [0.4, 0.5) is 5.69 Å². The van der Waals surface area contributed by atoms with E-state index in [1.54, 1.807) is 37.4 Å². The van der Waals surface area contributed by atoms with Crippen LogP contribution < -0.4 is 10.1 Å². The zero-order chi connectivity index (χ0) is 21.1. The van der Waals surface area contributed by atoms with Crippen LogP contribution in [0.1, 0.15) is 10.4 Å². The Morgan fingerprint density at radius 1 is 1.03 bits per heavy atom. The van der Waals surface area contributed by atoms with Crippen LogP contribution >= 0.6 is 23.2 Å². The van der Waals surface area contributed by atoms with Gasteiger partial charge in [-0.15, -0.1) is 0 Å². The van der Waals surface area contributed by atoms with Gasteiger partial charge in [0.15, 0.2) is 0 Å². The number of halogens is 2. The minimum Gasteiger partial charge on any atom is -0.497 e. The van der Waals surface area contributed by atoms with Crippen molar-refractivity contribution in [3.63, 3.8) is 0 Å². The largest absolute Gasteiger partial charge is 0.497 e. The fraction of sp³-hybridized carbons (Fsp3) is 0.0455. The number of benzene rings is 3. The number of para-hydroxylation sites is 1. The minimum absolute atomic E-state index is 0.261. The van der Waals surface area contributed by atoms with E-state index in [4.69, 9.17) is 32.5 Å². The molecular weight excluding hydrogens is 425 g/mol. The Morgan fingerprint density at radius 3 is 2.53 bits per heavy atom. The predicted molar refractivity (Wildman–Crippen MR) is 116 cm³/mol. The quantitative estimate of drug-likeness (QED) is 0.414. The van der Waals surface area contributed by atoms with Crippen molar-refractivity contribution in [1.82, 2.24) is 10.1 Å². The second kappa shape index (κ2) is 8.57. The Bertz CT molecular complexity index is 1210. The van der Waals surface area contributed by atoms with Gasteiger partial charge in [-0.25, -0.2) is 0 Å². The standard InChI is InChI=1S/C22H15Cl2N3O3/c1-29-15-9-6-13(7-10-15)20-26-22(30-27-20)17-4-2-3-5-19(17)25-21(28)16-11-8-14(23)12-18(16)24/h2-12H,1H3,(H,25,28). The summed E-state index contributed by atoms with van der Waals surface area (Å²) < 4.78 is 10.6. The maximum Gasteiger partial charge on any atom is 0.260 e. The molecule has 1 heterocycles. The first-order valence-electron chi connectivity index (χ1n) is 8.89. The van der Waals surface area contributed by atoms with Crippen LogP contribution in [0.15, 0.2) is 71.3 Å². The average Bonchev–Trinajstić information content (AvgIpc) is 3.24. The summed E-state index contributed by atoms with van der Waals surface area (Å²) in [5.41, 5.74) is 2.18. The molecule has 0 fully saturated rings. The van der Waals surface area contributed by atoms with E-state index in [-0.39, 0.29) is 16.8 Å². The Balaban J connectivity index is 1.62. The molecule has 0 unspecified atom stereocenters. The molecule has 8 heteroatoms. The highest BCUT2D eigenvalue weighted by Crippen LogP contribution is 2.30. The molecule has 0 spiro atoms. The Kier molecular flexibility index (Phi) is 5.70. The number of hydrogen-bond donors (Lipinski definition) is 1. The maximum absolute atomic E-state index is 12.7. The number of amides is 1. The topological polar surface area (TPSA) is 77.3 Å². The van der Waals surface area contributed by atoms with Crippen LogP contribution in [-0.2, 0) is 0 Å². The van der Waals surface area contributed by atoms with Crippen molar-refractivity contribution in [3.8, 4) is 28.6 Å². The third kappa shape index (κ3) is 4.15. The Morgan fingerprint density at radius 2 is 1.80 bits per heavy atom. The van der Waals surface area contributed by atoms with Gasteiger partial charge >= 0.3 is 0 Å². The molecule has 0 bridgehead atoms. The van der Waals surface area contributed by atoms with Crippen LogP contribution in [0.3, 0.4) is 0 Å². The summed E-state index contributed by atoms with van der Waals surface area (Å²) in [7, 11) is 1.60. The van der Waals surface area contributed by atoms with E-state index < -0.39 is 0 Å². The summed E-state index contributed by atoms with van der Waals surface area (Å²) in [6.07, 6.45) is 0. The lowest BCUT2D eigenvalue weighted by molar-refractivity contribution is 0.102. The normalized spacial score (nSPS) is 10.6. The van der Waals surface area contributed by atoms with Crippen LogP contribution in [0.25, 0.3) is 22.8 Å². The molecular formula is C22H15Cl2N3O3. The summed E-state index contributed by atoms with van der Waals surface area (Å²) in [4.78, 5) is 17.2. The van der Waals surface area contributed by atoms with E-state index >= 15 is 0 Å². The molecule has 0 aliphatic carbocycles. The number of methoxy groups -OCH3 is 1. The van der Waals surface area contributed by atoms with Crippen molar-refractivity contribution in [2.24, 2.45) is 0 Å². The van der Waals surface area contributed by atoms with Crippen LogP contribution in [0, 0.1) is 0 Å². The molecule has 1 amide bonds. The minimum atomic E-state index is -0.376. The highest BCUT2D eigenvalue weighted by molar-refractivity contribution is 6.37. The zero-order valence-electron chi connectivity index (χ0n) is 15.7. The second-order valence-electron chi connectivity index (χ2n) is 6.28. The molecule has 1 N–H and O–H groups in total. The van der Waals surface area contributed by atoms with Crippen molar-refractivity contribution in [2.75, 3.05) is 12.4 Å². The first kappa shape index (κ1) is 19.9. The van der Waals surface area contributed by atoms with E-state index in [1.165, 1.54) is 6.07 Å². The van der Waals surface area contributed by atoms with Gasteiger partial charge in [-0.05, 0) is 54.6 Å². The maximum atomic E-state index is 12.7. The van der Waals surface area contributed by atoms with E-state index in [1.807, 2.05) is 30.3 Å². The van der Waals surface area contributed by atoms with Crippen LogP contribution in [-0.4, -0.2) is 23.2 Å². The molecule has 0 aliphatic heterocycles. The van der Waals surface area contributed by atoms with Gasteiger partial charge in [-0.3, -0.25) is 4.79 Å². The third-order valence-corrected chi connectivity index (χ3v) is 4.90. The monoisotopic (exact) mass is 439 g/mol. The van der Waals surface area contributed by atoms with Gasteiger partial charge in [0, 0.05) is 10.6 Å². The van der Waals surface area contributed by atoms with Gasteiger partial charge in [0.25, 0.3) is 11.8 Å². The van der Waals surface area contributed by atoms with Crippen LogP contribution in [0.2, 0.25) is 10.0 Å². The molecule has 6 nitrogen and oxygen atoms in total. The molecule has 0 atom stereocenters. The molecule has 1 aromatic heterocycles. The number of aromatic nitrogens is 2. The van der Waals surface area contributed by atoms with E-state index in [0.29, 0.717) is 27.7 Å². The van der Waals surface area contributed by atoms with Gasteiger partial charge in [0.2, 0.25) is 5.82 Å². The van der Waals surface area contributed by atoms with Gasteiger partial charge in [-0.1, -0.05) is 40.5 Å². The SMILES string of the molecule is COc1ccc(-c2noc(-c3ccccc3NC(=O)c3ccc(Cl)cc3Cl)n2)cc1. The van der Waals surface area contributed by atoms with E-state index in [2.05, 4.69) is 15.5 Å². The molecule has 0 saturated heterocycles. The summed E-state index contributed by atoms with van der Waals surface area (Å²) in [5.74, 6) is 1.06.